The van der Waals surface area contributed by atoms with E-state index in [0.29, 0.717) is 0 Å². The number of carbonyl (C=O) groups excluding carboxylic acids is 1. The van der Waals surface area contributed by atoms with E-state index < -0.39 is 0 Å². The van der Waals surface area contributed by atoms with Crippen LogP contribution in [0.25, 0.3) is 16.7 Å². The molecule has 1 aliphatic carbocycles. The predicted molar refractivity (Wildman–Crippen MR) is 106 cm³/mol. The molecule has 0 radical (unpaired) electrons. The van der Waals surface area contributed by atoms with Crippen LogP contribution < -0.4 is 5.73 Å². The van der Waals surface area contributed by atoms with Gasteiger partial charge in [-0.15, -0.1) is 0 Å². The molecule has 0 atom stereocenters. The van der Waals surface area contributed by atoms with Gasteiger partial charge in [-0.25, -0.2) is 0 Å². The van der Waals surface area contributed by atoms with E-state index in [9.17, 15) is 4.79 Å². The number of Topliss-reactive ketones (excluding diaryl/α,β-unsaturated/α-hetero) is 1. The minimum atomic E-state index is -0.224. The first kappa shape index (κ1) is 17.6. The lowest BCUT2D eigenvalue weighted by molar-refractivity contribution is 0.101. The molecule has 2 nitrogen and oxygen atoms in total. The summed E-state index contributed by atoms with van der Waals surface area (Å²) in [7, 11) is 0. The molecule has 0 aromatic heterocycles. The summed E-state index contributed by atoms with van der Waals surface area (Å²) < 4.78 is 0. The maximum atomic E-state index is 11.8. The van der Waals surface area contributed by atoms with Crippen molar-refractivity contribution in [2.45, 2.75) is 52.0 Å². The summed E-state index contributed by atoms with van der Waals surface area (Å²) in [4.78, 5) is 11.8. The van der Waals surface area contributed by atoms with Crippen LogP contribution in [-0.4, -0.2) is 11.3 Å². The van der Waals surface area contributed by atoms with E-state index in [-0.39, 0.29) is 11.3 Å². The third-order valence-electron chi connectivity index (χ3n) is 4.77. The Balaban J connectivity index is 2.10. The number of carbonyl (C=O) groups is 1. The molecule has 0 amide bonds. The number of allylic oxidation sites excluding steroid dienone is 1. The molecule has 0 fully saturated rings. The summed E-state index contributed by atoms with van der Waals surface area (Å²) in [5.74, 6) is 0.106. The highest BCUT2D eigenvalue weighted by Gasteiger charge is 2.20. The standard InChI is InChI=1S/C23H27NO/c1-16(25)17-9-6-10-18(14-17)20-12-7-13-21-19(15-23(2,3)24)8-4-5-11-22(20)21/h6-10,12-14H,4-5,11,15,24H2,1-3H3. The van der Waals surface area contributed by atoms with Gasteiger partial charge in [-0.05, 0) is 80.3 Å². The molecule has 0 heterocycles. The van der Waals surface area contributed by atoms with Gasteiger partial charge in [0.15, 0.2) is 5.78 Å². The van der Waals surface area contributed by atoms with Gasteiger partial charge in [0.2, 0.25) is 0 Å². The van der Waals surface area contributed by atoms with Gasteiger partial charge in [0.05, 0.1) is 0 Å². The summed E-state index contributed by atoms with van der Waals surface area (Å²) in [6.45, 7) is 5.78. The van der Waals surface area contributed by atoms with Crippen molar-refractivity contribution in [3.63, 3.8) is 0 Å². The van der Waals surface area contributed by atoms with Gasteiger partial charge in [0, 0.05) is 11.1 Å². The van der Waals surface area contributed by atoms with Crippen molar-refractivity contribution in [1.82, 2.24) is 0 Å². The quantitative estimate of drug-likeness (QED) is 0.761. The Morgan fingerprint density at radius 3 is 2.56 bits per heavy atom. The molecular formula is C23H27NO. The van der Waals surface area contributed by atoms with E-state index in [1.54, 1.807) is 6.92 Å². The van der Waals surface area contributed by atoms with Gasteiger partial charge >= 0.3 is 0 Å². The molecule has 0 aliphatic heterocycles. The van der Waals surface area contributed by atoms with Crippen molar-refractivity contribution < 1.29 is 4.79 Å². The molecule has 25 heavy (non-hydrogen) atoms. The zero-order valence-corrected chi connectivity index (χ0v) is 15.4. The normalized spacial score (nSPS) is 14.5. The van der Waals surface area contributed by atoms with Crippen LogP contribution in [0.5, 0.6) is 0 Å². The highest BCUT2D eigenvalue weighted by atomic mass is 16.1. The molecule has 1 aliphatic rings. The van der Waals surface area contributed by atoms with Gasteiger partial charge in [0.1, 0.15) is 0 Å². The lowest BCUT2D eigenvalue weighted by Gasteiger charge is -2.23. The number of benzene rings is 2. The molecule has 0 saturated carbocycles. The lowest BCUT2D eigenvalue weighted by atomic mass is 9.86. The third-order valence-corrected chi connectivity index (χ3v) is 4.77. The smallest absolute Gasteiger partial charge is 0.159 e. The van der Waals surface area contributed by atoms with Crippen LogP contribution in [0.3, 0.4) is 0 Å². The molecular weight excluding hydrogens is 306 g/mol. The summed E-state index contributed by atoms with van der Waals surface area (Å²) in [6.07, 6.45) is 6.52. The van der Waals surface area contributed by atoms with Crippen molar-refractivity contribution in [3.05, 3.63) is 65.2 Å². The molecule has 2 heteroatoms. The number of ketones is 1. The van der Waals surface area contributed by atoms with E-state index in [0.717, 1.165) is 36.8 Å². The predicted octanol–water partition coefficient (Wildman–Crippen LogP) is 5.40. The van der Waals surface area contributed by atoms with Crippen molar-refractivity contribution in [2.24, 2.45) is 5.73 Å². The van der Waals surface area contributed by atoms with E-state index in [2.05, 4.69) is 44.2 Å². The van der Waals surface area contributed by atoms with Crippen LogP contribution in [0.1, 0.15) is 61.5 Å². The Kier molecular flexibility index (Phi) is 4.91. The topological polar surface area (TPSA) is 43.1 Å². The second-order valence-electron chi connectivity index (χ2n) is 7.76. The largest absolute Gasteiger partial charge is 0.325 e. The monoisotopic (exact) mass is 333 g/mol. The average molecular weight is 333 g/mol. The molecule has 0 spiro atoms. The average Bonchev–Trinajstić information content (AvgIpc) is 2.76. The molecule has 2 N–H and O–H groups in total. The first-order chi connectivity index (χ1) is 11.8. The Bertz CT molecular complexity index is 824. The number of rotatable bonds is 4. The Hall–Kier alpha value is -2.19. The van der Waals surface area contributed by atoms with Crippen LogP contribution in [0.4, 0.5) is 0 Å². The first-order valence-corrected chi connectivity index (χ1v) is 9.07. The molecule has 2 aromatic carbocycles. The van der Waals surface area contributed by atoms with Crippen molar-refractivity contribution in [2.75, 3.05) is 0 Å². The number of hydrogen-bond donors (Lipinski definition) is 1. The van der Waals surface area contributed by atoms with Gasteiger partial charge in [-0.2, -0.15) is 0 Å². The maximum Gasteiger partial charge on any atom is 0.159 e. The van der Waals surface area contributed by atoms with Crippen LogP contribution in [0.15, 0.2) is 48.5 Å². The molecule has 130 valence electrons. The third kappa shape index (κ3) is 4.08. The highest BCUT2D eigenvalue weighted by molar-refractivity contribution is 5.95. The molecule has 3 rings (SSSR count). The maximum absolute atomic E-state index is 11.8. The fourth-order valence-electron chi connectivity index (χ4n) is 3.66. The number of fused-ring (bicyclic) bond motifs is 1. The summed E-state index contributed by atoms with van der Waals surface area (Å²) in [5, 5.41) is 0. The fraction of sp³-hybridized carbons (Fsp3) is 0.348. The van der Waals surface area contributed by atoms with E-state index in [1.165, 1.54) is 22.3 Å². The van der Waals surface area contributed by atoms with Gasteiger partial charge < -0.3 is 5.73 Å². The van der Waals surface area contributed by atoms with E-state index >= 15 is 0 Å². The van der Waals surface area contributed by atoms with Crippen LogP contribution in [0, 0.1) is 0 Å². The van der Waals surface area contributed by atoms with E-state index in [1.807, 2.05) is 18.2 Å². The second-order valence-corrected chi connectivity index (χ2v) is 7.76. The van der Waals surface area contributed by atoms with Crippen molar-refractivity contribution in [1.29, 1.82) is 0 Å². The van der Waals surface area contributed by atoms with E-state index in [4.69, 9.17) is 5.73 Å². The van der Waals surface area contributed by atoms with Crippen LogP contribution in [-0.2, 0) is 6.42 Å². The molecule has 2 aromatic rings. The van der Waals surface area contributed by atoms with Gasteiger partial charge in [-0.3, -0.25) is 4.79 Å². The Morgan fingerprint density at radius 2 is 1.84 bits per heavy atom. The molecule has 0 unspecified atom stereocenters. The minimum absolute atomic E-state index is 0.106. The first-order valence-electron chi connectivity index (χ1n) is 9.07. The van der Waals surface area contributed by atoms with Gasteiger partial charge in [0.25, 0.3) is 0 Å². The second kappa shape index (κ2) is 6.97. The minimum Gasteiger partial charge on any atom is -0.325 e. The zero-order chi connectivity index (χ0) is 18.0. The highest BCUT2D eigenvalue weighted by Crippen LogP contribution is 2.36. The van der Waals surface area contributed by atoms with Crippen molar-refractivity contribution in [3.8, 4) is 11.1 Å². The number of hydrogen-bond acceptors (Lipinski definition) is 2. The van der Waals surface area contributed by atoms with Gasteiger partial charge in [-0.1, -0.05) is 42.5 Å². The number of nitrogens with two attached hydrogens (primary N) is 1. The lowest BCUT2D eigenvalue weighted by Crippen LogP contribution is -2.32. The van der Waals surface area contributed by atoms with Crippen LogP contribution >= 0.6 is 0 Å². The molecule has 0 bridgehead atoms. The summed E-state index contributed by atoms with van der Waals surface area (Å²) >= 11 is 0. The Morgan fingerprint density at radius 1 is 1.12 bits per heavy atom. The molecule has 0 saturated heterocycles. The van der Waals surface area contributed by atoms with Crippen molar-refractivity contribution >= 4 is 11.4 Å². The zero-order valence-electron chi connectivity index (χ0n) is 15.4. The fourth-order valence-corrected chi connectivity index (χ4v) is 3.66. The SMILES string of the molecule is CC(=O)c1cccc(-c2cccc3c2CCCC=C3CC(C)(C)N)c1. The van der Waals surface area contributed by atoms with Crippen LogP contribution in [0.2, 0.25) is 0 Å². The summed E-state index contributed by atoms with van der Waals surface area (Å²) in [6, 6.07) is 14.5. The Labute approximate surface area is 150 Å². The summed E-state index contributed by atoms with van der Waals surface area (Å²) in [5.41, 5.74) is 13.3.